The first-order valence-electron chi connectivity index (χ1n) is 13.2. The van der Waals surface area contributed by atoms with E-state index in [0.29, 0.717) is 6.42 Å². The van der Waals surface area contributed by atoms with Crippen molar-refractivity contribution >= 4 is 36.3 Å². The van der Waals surface area contributed by atoms with Crippen LogP contribution in [0.1, 0.15) is 55.6 Å². The van der Waals surface area contributed by atoms with Crippen LogP contribution in [0.25, 0.3) is 0 Å². The Morgan fingerprint density at radius 1 is 1.12 bits per heavy atom. The molecule has 2 aromatic rings. The van der Waals surface area contributed by atoms with E-state index in [9.17, 15) is 24.0 Å². The summed E-state index contributed by atoms with van der Waals surface area (Å²) in [6.07, 6.45) is 3.50. The molecule has 2 fully saturated rings. The van der Waals surface area contributed by atoms with E-state index in [1.54, 1.807) is 0 Å². The van der Waals surface area contributed by atoms with Crippen molar-refractivity contribution in [3.8, 4) is 0 Å². The van der Waals surface area contributed by atoms with Crippen molar-refractivity contribution in [2.75, 3.05) is 7.05 Å². The smallest absolute Gasteiger partial charge is 0.576 e. The van der Waals surface area contributed by atoms with Gasteiger partial charge in [0, 0.05) is 24.2 Å². The van der Waals surface area contributed by atoms with E-state index in [2.05, 4.69) is 25.3 Å². The fraction of sp³-hybridized carbons (Fsp3) is 0.444. The number of hydrogen-bond donors (Lipinski definition) is 2. The molecule has 2 bridgehead atoms. The van der Waals surface area contributed by atoms with Gasteiger partial charge in [-0.2, -0.15) is 0 Å². The molecular formula is C27H33BN4O8. The summed E-state index contributed by atoms with van der Waals surface area (Å²) in [4.78, 5) is 73.2. The van der Waals surface area contributed by atoms with E-state index >= 15 is 0 Å². The molecule has 2 amide bonds. The highest BCUT2D eigenvalue weighted by molar-refractivity contribution is 6.66. The second-order valence-electron chi connectivity index (χ2n) is 10.7. The van der Waals surface area contributed by atoms with E-state index in [1.807, 2.05) is 44.2 Å². The summed E-state index contributed by atoms with van der Waals surface area (Å²) in [5.74, 6) is -3.83. The summed E-state index contributed by atoms with van der Waals surface area (Å²) in [7, 11) is 1.38. The molecule has 13 heteroatoms. The van der Waals surface area contributed by atoms with Crippen LogP contribution in [0.15, 0.2) is 48.9 Å². The molecule has 3 heterocycles. The molecule has 2 saturated heterocycles. The van der Waals surface area contributed by atoms with Crippen LogP contribution in [0.5, 0.6) is 0 Å². The van der Waals surface area contributed by atoms with Crippen molar-refractivity contribution in [3.05, 3.63) is 60.2 Å². The van der Waals surface area contributed by atoms with Gasteiger partial charge in [-0.05, 0) is 30.1 Å². The fourth-order valence-electron chi connectivity index (χ4n) is 5.39. The molecule has 0 radical (unpaired) electrons. The van der Waals surface area contributed by atoms with Gasteiger partial charge < -0.3 is 24.6 Å². The number of nitrogens with one attached hydrogen (secondary N) is 2. The largest absolute Gasteiger partial charge is 0.718 e. The van der Waals surface area contributed by atoms with E-state index in [-0.39, 0.29) is 30.2 Å². The van der Waals surface area contributed by atoms with Gasteiger partial charge in [0.2, 0.25) is 5.91 Å². The summed E-state index contributed by atoms with van der Waals surface area (Å²) in [5, 5.41) is 5.22. The number of Topliss-reactive ketones (excluding diaryl/α,β-unsaturated/α-hetero) is 1. The highest BCUT2D eigenvalue weighted by Gasteiger charge is 2.64. The van der Waals surface area contributed by atoms with Gasteiger partial charge in [-0.1, -0.05) is 50.6 Å². The maximum absolute atomic E-state index is 13.9. The maximum Gasteiger partial charge on any atom is 0.576 e. The fourth-order valence-corrected chi connectivity index (χ4v) is 5.39. The Morgan fingerprint density at radius 3 is 2.52 bits per heavy atom. The van der Waals surface area contributed by atoms with E-state index < -0.39 is 60.8 Å². The van der Waals surface area contributed by atoms with Crippen molar-refractivity contribution in [2.45, 2.75) is 63.4 Å². The quantitative estimate of drug-likeness (QED) is 0.306. The number of aliphatic carboxylic acids is 1. The van der Waals surface area contributed by atoms with E-state index in [1.165, 1.54) is 25.6 Å². The van der Waals surface area contributed by atoms with E-state index in [0.717, 1.165) is 5.56 Å². The molecule has 12 nitrogen and oxygen atoms in total. The minimum atomic E-state index is -3.03. The third kappa shape index (κ3) is 6.36. The van der Waals surface area contributed by atoms with Crippen LogP contribution in [-0.2, 0) is 34.9 Å². The Hall–Kier alpha value is -4.13. The summed E-state index contributed by atoms with van der Waals surface area (Å²) < 4.78 is 15.9. The van der Waals surface area contributed by atoms with Gasteiger partial charge >= 0.3 is 12.7 Å². The lowest BCUT2D eigenvalue weighted by Gasteiger charge is -2.55. The van der Waals surface area contributed by atoms with Crippen molar-refractivity contribution < 1.29 is 37.9 Å². The molecule has 0 saturated carbocycles. The molecule has 2 aliphatic heterocycles. The number of benzene rings is 1. The number of nitrogens with zero attached hydrogens (tertiary/aromatic N) is 2. The molecule has 4 rings (SSSR count). The zero-order valence-electron chi connectivity index (χ0n) is 22.7. The molecule has 212 valence electrons. The molecule has 1 unspecified atom stereocenters. The van der Waals surface area contributed by atoms with Crippen LogP contribution in [0.2, 0.25) is 5.82 Å². The molecule has 1 aromatic carbocycles. The van der Waals surface area contributed by atoms with Crippen LogP contribution >= 0.6 is 0 Å². The lowest BCUT2D eigenvalue weighted by Crippen LogP contribution is -2.72. The topological polar surface area (TPSA) is 166 Å². The summed E-state index contributed by atoms with van der Waals surface area (Å²) in [5.41, 5.74) is -0.909. The molecule has 3 N–H and O–H groups in total. The van der Waals surface area contributed by atoms with Crippen LogP contribution in [0.4, 0.5) is 0 Å². The zero-order chi connectivity index (χ0) is 28.9. The third-order valence-electron chi connectivity index (χ3n) is 7.13. The lowest BCUT2D eigenvalue weighted by molar-refractivity contribution is -0.201. The molecule has 4 atom stereocenters. The van der Waals surface area contributed by atoms with Crippen LogP contribution in [-0.4, -0.2) is 69.6 Å². The Morgan fingerprint density at radius 2 is 1.88 bits per heavy atom. The summed E-state index contributed by atoms with van der Waals surface area (Å²) >= 11 is 0. The minimum absolute atomic E-state index is 0.0123. The molecule has 1 aromatic heterocycles. The van der Waals surface area contributed by atoms with Gasteiger partial charge in [0.15, 0.2) is 5.78 Å². The Bertz CT molecular complexity index is 1250. The first-order valence-corrected chi connectivity index (χ1v) is 13.2. The van der Waals surface area contributed by atoms with Gasteiger partial charge in [0.25, 0.3) is 11.9 Å². The monoisotopic (exact) mass is 552 g/mol. The third-order valence-corrected chi connectivity index (χ3v) is 7.13. The summed E-state index contributed by atoms with van der Waals surface area (Å²) in [6, 6.07) is 8.18. The van der Waals surface area contributed by atoms with Gasteiger partial charge in [0.1, 0.15) is 17.7 Å². The average molecular weight is 552 g/mol. The lowest BCUT2D eigenvalue weighted by atomic mass is 9.55. The summed E-state index contributed by atoms with van der Waals surface area (Å²) in [6.45, 7) is 0.785. The van der Waals surface area contributed by atoms with Crippen molar-refractivity contribution in [2.24, 2.45) is 5.92 Å². The average Bonchev–Trinajstić information content (AvgIpc) is 2.91. The number of likely N-dealkylation sites (N-methyl/N-ethyl adjacent to an activating group) is 1. The Balaban J connectivity index is 1.65. The predicted molar refractivity (Wildman–Crippen MR) is 142 cm³/mol. The highest BCUT2D eigenvalue weighted by Crippen LogP contribution is 2.45. The van der Waals surface area contributed by atoms with Crippen molar-refractivity contribution in [3.63, 3.8) is 0 Å². The molecule has 2 aliphatic rings. The number of fused-ring (bicyclic) bond motifs is 2. The molecule has 0 aliphatic carbocycles. The number of ketones is 1. The minimum Gasteiger partial charge on any atom is -0.718 e. The van der Waals surface area contributed by atoms with Crippen molar-refractivity contribution in [1.82, 2.24) is 20.6 Å². The number of hydrogen-bond acceptors (Lipinski definition) is 9. The number of amides is 2. The number of carbonyl (C=O) groups is 5. The number of rotatable bonds is 11. The van der Waals surface area contributed by atoms with Gasteiger partial charge in [-0.25, -0.2) is 4.98 Å². The van der Waals surface area contributed by atoms with Gasteiger partial charge in [-0.3, -0.25) is 24.2 Å². The second kappa shape index (κ2) is 11.9. The predicted octanol–water partition coefficient (Wildman–Crippen LogP) is 1.04. The molecule has 0 spiro atoms. The molecule has 40 heavy (non-hydrogen) atoms. The molecular weight excluding hydrogens is 519 g/mol. The zero-order valence-corrected chi connectivity index (χ0v) is 22.7. The Labute approximate surface area is 231 Å². The maximum atomic E-state index is 13.9. The SMILES string of the molecule is CNC(=O)[C@]12CC(=O)O[B-]([C@@H](CC(=O)[C@H](Cc3ccccc3)NC(=O)c3cnccn3)CC(C)C)(O1)[OH+]C(=O)C2. The van der Waals surface area contributed by atoms with Gasteiger partial charge in [-0.15, -0.1) is 0 Å². The van der Waals surface area contributed by atoms with Crippen LogP contribution in [0, 0.1) is 5.92 Å². The number of aromatic nitrogens is 2. The Kier molecular flexibility index (Phi) is 8.62. The first kappa shape index (κ1) is 28.9. The van der Waals surface area contributed by atoms with Crippen LogP contribution in [0.3, 0.4) is 0 Å². The van der Waals surface area contributed by atoms with Crippen LogP contribution < -0.4 is 10.6 Å². The first-order chi connectivity index (χ1) is 19.1. The van der Waals surface area contributed by atoms with Gasteiger partial charge in [0.05, 0.1) is 18.7 Å². The van der Waals surface area contributed by atoms with Crippen molar-refractivity contribution in [1.29, 1.82) is 0 Å². The number of carbonyl (C=O) groups excluding carboxylic acids is 4. The highest BCUT2D eigenvalue weighted by atomic mass is 16.8. The van der Waals surface area contributed by atoms with E-state index in [4.69, 9.17) is 9.31 Å². The second-order valence-corrected chi connectivity index (χ2v) is 10.7. The standard InChI is InChI=1S/C27H33BN4O8/c1-17(2)11-19(28-38-23(34)14-27(40-28,26(37)29-3)15-24(35)39-28)13-22(33)20(12-18-7-5-4-6-8-18)32-25(36)21-16-30-9-10-31-21/h4-10,16-17,19-20,38H,11-15H2,1-3H3,(H,29,37)(H,32,36)/t19-,20+,27+,28?/m1/s1. The normalized spacial score (nSPS) is 23.4. The number of carboxylic acids is 1.